The van der Waals surface area contributed by atoms with E-state index in [1.165, 1.54) is 7.11 Å². The molecule has 5 heteroatoms. The number of fused-ring (bicyclic) bond motifs is 1. The fourth-order valence-corrected chi connectivity index (χ4v) is 1.26. The van der Waals surface area contributed by atoms with E-state index in [4.69, 9.17) is 9.15 Å². The van der Waals surface area contributed by atoms with Gasteiger partial charge in [-0.1, -0.05) is 18.2 Å². The lowest BCUT2D eigenvalue weighted by atomic mass is 10.2. The summed E-state index contributed by atoms with van der Waals surface area (Å²) in [6, 6.07) is 9.64. The van der Waals surface area contributed by atoms with Gasteiger partial charge in [0.05, 0.1) is 7.11 Å². The van der Waals surface area contributed by atoms with Gasteiger partial charge in [-0.25, -0.2) is 9.59 Å². The van der Waals surface area contributed by atoms with Crippen molar-refractivity contribution in [3.05, 3.63) is 40.8 Å². The zero-order chi connectivity index (χ0) is 12.3. The molecule has 2 rings (SSSR count). The van der Waals surface area contributed by atoms with E-state index in [2.05, 4.69) is 10.8 Å². The minimum atomic E-state index is -0.674. The highest BCUT2D eigenvalue weighted by molar-refractivity contribution is 5.76. The van der Waals surface area contributed by atoms with Crippen LogP contribution in [0.4, 0.5) is 0 Å². The Morgan fingerprint density at radius 1 is 1.41 bits per heavy atom. The number of hydrogen-bond acceptors (Lipinski definition) is 5. The number of para-hydroxylation sites is 1. The summed E-state index contributed by atoms with van der Waals surface area (Å²) in [5.41, 5.74) is -0.254. The summed E-state index contributed by atoms with van der Waals surface area (Å²) >= 11 is 0. The van der Waals surface area contributed by atoms with Gasteiger partial charge >= 0.3 is 11.6 Å². The monoisotopic (exact) mass is 233 g/mol. The smallest absolute Gasteiger partial charge is 0.379 e. The van der Waals surface area contributed by atoms with Crippen LogP contribution in [0.3, 0.4) is 0 Å². The first-order chi connectivity index (χ1) is 8.20. The Morgan fingerprint density at radius 2 is 2.18 bits per heavy atom. The molecule has 0 aliphatic heterocycles. The van der Waals surface area contributed by atoms with E-state index in [1.54, 1.807) is 24.3 Å². The molecule has 2 aromatic rings. The molecule has 1 radical (unpaired) electrons. The maximum absolute atomic E-state index is 11.5. The molecular weight excluding hydrogens is 224 g/mol. The normalized spacial score (nSPS) is 10.2. The molecule has 1 aromatic heterocycles. The number of hydrogen-bond donors (Lipinski definition) is 0. The van der Waals surface area contributed by atoms with Crippen LogP contribution in [0.25, 0.3) is 11.0 Å². The molecule has 0 amide bonds. The number of esters is 1. The topological polar surface area (TPSA) is 65.7 Å². The summed E-state index contributed by atoms with van der Waals surface area (Å²) in [5, 5.41) is 0.604. The van der Waals surface area contributed by atoms with Gasteiger partial charge in [-0.3, -0.25) is 0 Å². The van der Waals surface area contributed by atoms with Crippen LogP contribution in [0, 0.1) is 6.07 Å². The predicted octanol–water partition coefficient (Wildman–Crippen LogP) is 1.14. The second-order valence-electron chi connectivity index (χ2n) is 3.20. The molecule has 0 fully saturated rings. The third-order valence-corrected chi connectivity index (χ3v) is 2.09. The number of carbonyl (C=O) groups is 1. The average molecular weight is 233 g/mol. The standard InChI is InChI=1S/C12H9O5/c1-15-11(13)7-16-10-6-8-4-2-3-5-9(8)17-12(10)14/h2-5H,7H2,1H3. The average Bonchev–Trinajstić information content (AvgIpc) is 2.35. The Labute approximate surface area is 96.6 Å². The maximum Gasteiger partial charge on any atom is 0.379 e. The Kier molecular flexibility index (Phi) is 3.09. The first kappa shape index (κ1) is 11.2. The van der Waals surface area contributed by atoms with Crippen molar-refractivity contribution in [3.63, 3.8) is 0 Å². The molecule has 0 aliphatic rings. The van der Waals surface area contributed by atoms with Gasteiger partial charge in [0.2, 0.25) is 5.75 Å². The van der Waals surface area contributed by atoms with Crippen LogP contribution in [0.2, 0.25) is 0 Å². The maximum atomic E-state index is 11.5. The fourth-order valence-electron chi connectivity index (χ4n) is 1.26. The van der Waals surface area contributed by atoms with Gasteiger partial charge in [-0.15, -0.1) is 0 Å². The van der Waals surface area contributed by atoms with Gasteiger partial charge in [0.1, 0.15) is 5.58 Å². The fraction of sp³-hybridized carbons (Fsp3) is 0.167. The van der Waals surface area contributed by atoms with Gasteiger partial charge in [0.25, 0.3) is 0 Å². The second-order valence-corrected chi connectivity index (χ2v) is 3.20. The molecule has 0 aliphatic carbocycles. The molecule has 87 valence electrons. The molecule has 0 saturated heterocycles. The summed E-state index contributed by atoms with van der Waals surface area (Å²) in [4.78, 5) is 22.3. The molecule has 1 heterocycles. The minimum Gasteiger partial charge on any atom is -0.474 e. The summed E-state index contributed by atoms with van der Waals surface area (Å²) in [5.74, 6) is -0.708. The molecule has 0 N–H and O–H groups in total. The molecule has 0 atom stereocenters. The lowest BCUT2D eigenvalue weighted by Crippen LogP contribution is -2.16. The van der Waals surface area contributed by atoms with Gasteiger partial charge in [-0.2, -0.15) is 0 Å². The van der Waals surface area contributed by atoms with Crippen molar-refractivity contribution in [2.24, 2.45) is 0 Å². The second kappa shape index (κ2) is 4.69. The van der Waals surface area contributed by atoms with Crippen LogP contribution in [0.1, 0.15) is 0 Å². The van der Waals surface area contributed by atoms with E-state index in [0.717, 1.165) is 0 Å². The van der Waals surface area contributed by atoms with Crippen LogP contribution in [-0.4, -0.2) is 19.7 Å². The van der Waals surface area contributed by atoms with Crippen molar-refractivity contribution < 1.29 is 18.7 Å². The molecule has 0 saturated carbocycles. The number of methoxy groups -OCH3 is 1. The Hall–Kier alpha value is -2.30. The van der Waals surface area contributed by atoms with Crippen LogP contribution in [0.15, 0.2) is 33.5 Å². The SMILES string of the molecule is COC(=O)COc1[c]c2ccccc2oc1=O. The third kappa shape index (κ3) is 2.44. The summed E-state index contributed by atoms with van der Waals surface area (Å²) in [7, 11) is 1.23. The van der Waals surface area contributed by atoms with E-state index in [0.29, 0.717) is 11.0 Å². The van der Waals surface area contributed by atoms with Crippen LogP contribution >= 0.6 is 0 Å². The molecule has 17 heavy (non-hydrogen) atoms. The van der Waals surface area contributed by atoms with Gasteiger partial charge in [0, 0.05) is 11.5 Å². The first-order valence-electron chi connectivity index (χ1n) is 4.85. The van der Waals surface area contributed by atoms with Gasteiger partial charge in [0.15, 0.2) is 6.61 Å². The Balaban J connectivity index is 2.31. The Morgan fingerprint density at radius 3 is 2.94 bits per heavy atom. The van der Waals surface area contributed by atoms with Crippen LogP contribution in [0.5, 0.6) is 5.75 Å². The first-order valence-corrected chi connectivity index (χ1v) is 4.85. The van der Waals surface area contributed by atoms with Crippen molar-refractivity contribution in [3.8, 4) is 5.75 Å². The number of ether oxygens (including phenoxy) is 2. The quantitative estimate of drug-likeness (QED) is 0.587. The Bertz CT molecular complexity index is 599. The lowest BCUT2D eigenvalue weighted by Gasteiger charge is -2.03. The molecular formula is C12H9O5. The van der Waals surface area contributed by atoms with Crippen molar-refractivity contribution >= 4 is 16.9 Å². The van der Waals surface area contributed by atoms with Crippen LogP contribution in [-0.2, 0) is 9.53 Å². The third-order valence-electron chi connectivity index (χ3n) is 2.09. The highest BCUT2D eigenvalue weighted by Crippen LogP contribution is 2.15. The highest BCUT2D eigenvalue weighted by Gasteiger charge is 2.09. The van der Waals surface area contributed by atoms with E-state index < -0.39 is 11.6 Å². The van der Waals surface area contributed by atoms with Gasteiger partial charge < -0.3 is 13.9 Å². The highest BCUT2D eigenvalue weighted by atomic mass is 16.6. The molecule has 1 aromatic carbocycles. The van der Waals surface area contributed by atoms with E-state index in [9.17, 15) is 9.59 Å². The van der Waals surface area contributed by atoms with E-state index in [1.807, 2.05) is 0 Å². The molecule has 0 bridgehead atoms. The largest absolute Gasteiger partial charge is 0.474 e. The van der Waals surface area contributed by atoms with Crippen molar-refractivity contribution in [2.45, 2.75) is 0 Å². The van der Waals surface area contributed by atoms with Crippen molar-refractivity contribution in [2.75, 3.05) is 13.7 Å². The minimum absolute atomic E-state index is 0.130. The zero-order valence-electron chi connectivity index (χ0n) is 9.06. The van der Waals surface area contributed by atoms with Crippen molar-refractivity contribution in [1.29, 1.82) is 0 Å². The number of benzene rings is 1. The molecule has 0 spiro atoms. The summed E-state index contributed by atoms with van der Waals surface area (Å²) in [6.07, 6.45) is 0. The van der Waals surface area contributed by atoms with Crippen molar-refractivity contribution in [1.82, 2.24) is 0 Å². The summed E-state index contributed by atoms with van der Waals surface area (Å²) < 4.78 is 14.3. The van der Waals surface area contributed by atoms with Crippen LogP contribution < -0.4 is 10.4 Å². The summed E-state index contributed by atoms with van der Waals surface area (Å²) in [6.45, 7) is -0.351. The zero-order valence-corrected chi connectivity index (χ0v) is 9.06. The molecule has 5 nitrogen and oxygen atoms in total. The lowest BCUT2D eigenvalue weighted by molar-refractivity contribution is -0.142. The number of rotatable bonds is 3. The van der Waals surface area contributed by atoms with Gasteiger partial charge in [-0.05, 0) is 6.07 Å². The molecule has 0 unspecified atom stereocenters. The van der Waals surface area contributed by atoms with E-state index >= 15 is 0 Å². The number of carbonyl (C=O) groups excluding carboxylic acids is 1. The predicted molar refractivity (Wildman–Crippen MR) is 58.8 cm³/mol. The van der Waals surface area contributed by atoms with E-state index in [-0.39, 0.29) is 12.4 Å².